The lowest BCUT2D eigenvalue weighted by Gasteiger charge is -2.18. The number of ether oxygens (including phenoxy) is 1. The average molecular weight is 380 g/mol. The van der Waals surface area contributed by atoms with Crippen LogP contribution in [0, 0.1) is 5.82 Å². The predicted molar refractivity (Wildman–Crippen MR) is 92.1 cm³/mol. The van der Waals surface area contributed by atoms with Crippen LogP contribution in [0.15, 0.2) is 53.0 Å². The molecule has 2 unspecified atom stereocenters. The molecule has 2 atom stereocenters. The summed E-state index contributed by atoms with van der Waals surface area (Å²) >= 11 is 3.39. The van der Waals surface area contributed by atoms with Gasteiger partial charge in [0.15, 0.2) is 6.10 Å². The van der Waals surface area contributed by atoms with Crippen LogP contribution in [-0.2, 0) is 4.79 Å². The molecular formula is C18H19BrFNO2. The summed E-state index contributed by atoms with van der Waals surface area (Å²) in [5.74, 6) is 0.270. The number of rotatable bonds is 6. The highest BCUT2D eigenvalue weighted by Crippen LogP contribution is 2.24. The maximum absolute atomic E-state index is 12.9. The predicted octanol–water partition coefficient (Wildman–Crippen LogP) is 4.28. The molecular weight excluding hydrogens is 361 g/mol. The Bertz CT molecular complexity index is 660. The number of hydrogen-bond acceptors (Lipinski definition) is 2. The highest BCUT2D eigenvalue weighted by Gasteiger charge is 2.16. The minimum absolute atomic E-state index is 0.0928. The first-order chi connectivity index (χ1) is 11.0. The summed E-state index contributed by atoms with van der Waals surface area (Å²) < 4.78 is 19.4. The number of nitrogens with one attached hydrogen (secondary N) is 1. The fourth-order valence-electron chi connectivity index (χ4n) is 2.09. The largest absolute Gasteiger partial charge is 0.480 e. The zero-order valence-corrected chi connectivity index (χ0v) is 14.6. The van der Waals surface area contributed by atoms with Crippen LogP contribution >= 0.6 is 15.9 Å². The van der Waals surface area contributed by atoms with Gasteiger partial charge < -0.3 is 10.1 Å². The summed E-state index contributed by atoms with van der Waals surface area (Å²) in [6.45, 7) is 4.15. The van der Waals surface area contributed by atoms with Crippen LogP contribution in [0.4, 0.5) is 4.39 Å². The molecule has 5 heteroatoms. The van der Waals surface area contributed by atoms with Gasteiger partial charge in [0.25, 0.3) is 5.91 Å². The molecule has 0 radical (unpaired) electrons. The van der Waals surface area contributed by atoms with Crippen LogP contribution in [-0.4, -0.2) is 18.6 Å². The van der Waals surface area contributed by atoms with Crippen molar-refractivity contribution in [3.63, 3.8) is 0 Å². The molecule has 0 aliphatic rings. The summed E-state index contributed by atoms with van der Waals surface area (Å²) in [7, 11) is 0. The molecule has 2 rings (SSSR count). The van der Waals surface area contributed by atoms with Crippen LogP contribution in [0.25, 0.3) is 0 Å². The first-order valence-electron chi connectivity index (χ1n) is 7.41. The topological polar surface area (TPSA) is 38.3 Å². The third kappa shape index (κ3) is 5.06. The molecule has 3 nitrogen and oxygen atoms in total. The lowest BCUT2D eigenvalue weighted by molar-refractivity contribution is -0.127. The molecule has 0 bridgehead atoms. The van der Waals surface area contributed by atoms with Crippen LogP contribution in [0.2, 0.25) is 0 Å². The second-order valence-corrected chi connectivity index (χ2v) is 6.24. The van der Waals surface area contributed by atoms with Gasteiger partial charge in [-0.3, -0.25) is 4.79 Å². The Kier molecular flexibility index (Phi) is 6.16. The van der Waals surface area contributed by atoms with Gasteiger partial charge in [0, 0.05) is 6.54 Å². The lowest BCUT2D eigenvalue weighted by atomic mass is 10.0. The molecule has 122 valence electrons. The molecule has 0 heterocycles. The monoisotopic (exact) mass is 379 g/mol. The molecule has 0 saturated carbocycles. The van der Waals surface area contributed by atoms with Gasteiger partial charge >= 0.3 is 0 Å². The first kappa shape index (κ1) is 17.5. The molecule has 0 saturated heterocycles. The minimum atomic E-state index is -0.603. The third-order valence-electron chi connectivity index (χ3n) is 3.53. The average Bonchev–Trinajstić information content (AvgIpc) is 2.55. The van der Waals surface area contributed by atoms with Gasteiger partial charge in [0.2, 0.25) is 0 Å². The third-order valence-corrected chi connectivity index (χ3v) is 4.19. The molecule has 1 amide bonds. The molecule has 0 fully saturated rings. The van der Waals surface area contributed by atoms with Gasteiger partial charge in [0.05, 0.1) is 4.47 Å². The van der Waals surface area contributed by atoms with E-state index in [-0.39, 0.29) is 17.6 Å². The van der Waals surface area contributed by atoms with Gasteiger partial charge in [-0.05, 0) is 58.6 Å². The Balaban J connectivity index is 1.86. The van der Waals surface area contributed by atoms with E-state index in [1.165, 1.54) is 12.1 Å². The fourth-order valence-corrected chi connectivity index (χ4v) is 2.47. The summed E-state index contributed by atoms with van der Waals surface area (Å²) in [4.78, 5) is 12.1. The summed E-state index contributed by atoms with van der Waals surface area (Å²) in [6, 6.07) is 13.7. The normalized spacial score (nSPS) is 13.2. The van der Waals surface area contributed by atoms with Gasteiger partial charge in [-0.2, -0.15) is 0 Å². The van der Waals surface area contributed by atoms with Crippen molar-refractivity contribution in [3.8, 4) is 5.75 Å². The van der Waals surface area contributed by atoms with Crippen molar-refractivity contribution in [3.05, 3.63) is 64.4 Å². The quantitative estimate of drug-likeness (QED) is 0.813. The van der Waals surface area contributed by atoms with Crippen molar-refractivity contribution in [2.45, 2.75) is 25.9 Å². The SMILES string of the molecule is CC(Oc1ccccc1Br)C(=O)NCC(C)c1ccc(F)cc1. The van der Waals surface area contributed by atoms with Crippen molar-refractivity contribution in [2.24, 2.45) is 0 Å². The molecule has 0 aliphatic heterocycles. The molecule has 2 aromatic rings. The number of benzene rings is 2. The van der Waals surface area contributed by atoms with Crippen molar-refractivity contribution in [2.75, 3.05) is 6.54 Å². The number of halogens is 2. The van der Waals surface area contributed by atoms with Crippen LogP contribution in [0.1, 0.15) is 25.3 Å². The second-order valence-electron chi connectivity index (χ2n) is 5.39. The minimum Gasteiger partial charge on any atom is -0.480 e. The Morgan fingerprint density at radius 3 is 2.48 bits per heavy atom. The zero-order chi connectivity index (χ0) is 16.8. The maximum atomic E-state index is 12.9. The van der Waals surface area contributed by atoms with Crippen LogP contribution in [0.3, 0.4) is 0 Å². The number of para-hydroxylation sites is 1. The van der Waals surface area contributed by atoms with E-state index in [4.69, 9.17) is 4.74 Å². The zero-order valence-electron chi connectivity index (χ0n) is 13.1. The van der Waals surface area contributed by atoms with Gasteiger partial charge in [0.1, 0.15) is 11.6 Å². The van der Waals surface area contributed by atoms with Crippen molar-refractivity contribution >= 4 is 21.8 Å². The summed E-state index contributed by atoms with van der Waals surface area (Å²) in [6.07, 6.45) is -0.603. The number of hydrogen-bond donors (Lipinski definition) is 1. The highest BCUT2D eigenvalue weighted by atomic mass is 79.9. The smallest absolute Gasteiger partial charge is 0.260 e. The van der Waals surface area contributed by atoms with Crippen LogP contribution < -0.4 is 10.1 Å². The van der Waals surface area contributed by atoms with E-state index in [0.717, 1.165) is 10.0 Å². The van der Waals surface area contributed by atoms with E-state index in [1.54, 1.807) is 25.1 Å². The molecule has 0 aliphatic carbocycles. The maximum Gasteiger partial charge on any atom is 0.260 e. The molecule has 1 N–H and O–H groups in total. The van der Waals surface area contributed by atoms with E-state index in [1.807, 2.05) is 25.1 Å². The Morgan fingerprint density at radius 1 is 1.17 bits per heavy atom. The van der Waals surface area contributed by atoms with E-state index < -0.39 is 6.10 Å². The number of carbonyl (C=O) groups is 1. The van der Waals surface area contributed by atoms with E-state index >= 15 is 0 Å². The van der Waals surface area contributed by atoms with Crippen molar-refractivity contribution < 1.29 is 13.9 Å². The van der Waals surface area contributed by atoms with E-state index in [2.05, 4.69) is 21.2 Å². The number of carbonyl (C=O) groups excluding carboxylic acids is 1. The van der Waals surface area contributed by atoms with Gasteiger partial charge in [-0.25, -0.2) is 4.39 Å². The Labute approximate surface area is 144 Å². The van der Waals surface area contributed by atoms with E-state index in [0.29, 0.717) is 12.3 Å². The molecule has 23 heavy (non-hydrogen) atoms. The Hall–Kier alpha value is -1.88. The van der Waals surface area contributed by atoms with E-state index in [9.17, 15) is 9.18 Å². The van der Waals surface area contributed by atoms with Gasteiger partial charge in [-0.15, -0.1) is 0 Å². The molecule has 0 spiro atoms. The fraction of sp³-hybridized carbons (Fsp3) is 0.278. The number of amides is 1. The summed E-state index contributed by atoms with van der Waals surface area (Å²) in [5, 5.41) is 2.86. The second kappa shape index (κ2) is 8.11. The summed E-state index contributed by atoms with van der Waals surface area (Å²) in [5.41, 5.74) is 0.978. The molecule has 2 aromatic carbocycles. The Morgan fingerprint density at radius 2 is 1.83 bits per heavy atom. The lowest BCUT2D eigenvalue weighted by Crippen LogP contribution is -2.38. The van der Waals surface area contributed by atoms with Crippen molar-refractivity contribution in [1.82, 2.24) is 5.32 Å². The standard InChI is InChI=1S/C18H19BrFNO2/c1-12(14-7-9-15(20)10-8-14)11-21-18(22)13(2)23-17-6-4-3-5-16(17)19/h3-10,12-13H,11H2,1-2H3,(H,21,22). The van der Waals surface area contributed by atoms with Gasteiger partial charge in [-0.1, -0.05) is 31.2 Å². The highest BCUT2D eigenvalue weighted by molar-refractivity contribution is 9.10. The van der Waals surface area contributed by atoms with Crippen molar-refractivity contribution in [1.29, 1.82) is 0 Å². The van der Waals surface area contributed by atoms with Crippen LogP contribution in [0.5, 0.6) is 5.75 Å². The molecule has 0 aromatic heterocycles. The first-order valence-corrected chi connectivity index (χ1v) is 8.21.